The average molecular weight is 272 g/mol. The van der Waals surface area contributed by atoms with E-state index in [4.69, 9.17) is 5.11 Å². The van der Waals surface area contributed by atoms with Crippen molar-refractivity contribution < 1.29 is 14.7 Å². The van der Waals surface area contributed by atoms with Gasteiger partial charge in [0.1, 0.15) is 5.69 Å². The number of aromatic amines is 1. The van der Waals surface area contributed by atoms with E-state index in [9.17, 15) is 9.59 Å². The van der Waals surface area contributed by atoms with Gasteiger partial charge in [0.15, 0.2) is 5.78 Å². The molecule has 0 saturated heterocycles. The Balaban J connectivity index is 2.04. The van der Waals surface area contributed by atoms with Crippen LogP contribution in [-0.2, 0) is 6.42 Å². The van der Waals surface area contributed by atoms with E-state index in [1.165, 1.54) is 19.2 Å². The largest absolute Gasteiger partial charge is 0.396 e. The SMILES string of the molecule is CC(=O)c1c[nH]c(C(=O)Nc2ccc(CCO)cc2)c1. The highest BCUT2D eigenvalue weighted by Crippen LogP contribution is 2.12. The second-order valence-electron chi connectivity index (χ2n) is 4.48. The molecule has 0 unspecified atom stereocenters. The molecule has 5 nitrogen and oxygen atoms in total. The van der Waals surface area contributed by atoms with Crippen LogP contribution in [0, 0.1) is 0 Å². The second kappa shape index (κ2) is 6.16. The normalized spacial score (nSPS) is 10.3. The molecule has 2 aromatic rings. The molecule has 0 saturated carbocycles. The van der Waals surface area contributed by atoms with Crippen LogP contribution >= 0.6 is 0 Å². The van der Waals surface area contributed by atoms with E-state index >= 15 is 0 Å². The lowest BCUT2D eigenvalue weighted by Crippen LogP contribution is -2.12. The number of ketones is 1. The van der Waals surface area contributed by atoms with Gasteiger partial charge in [-0.25, -0.2) is 0 Å². The summed E-state index contributed by atoms with van der Waals surface area (Å²) in [6.45, 7) is 1.55. The van der Waals surface area contributed by atoms with Crippen molar-refractivity contribution in [2.24, 2.45) is 0 Å². The molecule has 1 aromatic carbocycles. The second-order valence-corrected chi connectivity index (χ2v) is 4.48. The molecule has 1 heterocycles. The van der Waals surface area contributed by atoms with Crippen molar-refractivity contribution in [2.45, 2.75) is 13.3 Å². The lowest BCUT2D eigenvalue weighted by atomic mass is 10.1. The number of anilines is 1. The van der Waals surface area contributed by atoms with Gasteiger partial charge in [-0.1, -0.05) is 12.1 Å². The van der Waals surface area contributed by atoms with Crippen molar-refractivity contribution in [2.75, 3.05) is 11.9 Å². The lowest BCUT2D eigenvalue weighted by Gasteiger charge is -2.05. The number of aliphatic hydroxyl groups excluding tert-OH is 1. The number of hydrogen-bond acceptors (Lipinski definition) is 3. The van der Waals surface area contributed by atoms with E-state index < -0.39 is 0 Å². The number of benzene rings is 1. The summed E-state index contributed by atoms with van der Waals surface area (Å²) in [7, 11) is 0. The molecule has 1 aromatic heterocycles. The van der Waals surface area contributed by atoms with Gasteiger partial charge >= 0.3 is 0 Å². The highest BCUT2D eigenvalue weighted by molar-refractivity contribution is 6.05. The van der Waals surface area contributed by atoms with Crippen LogP contribution in [-0.4, -0.2) is 28.4 Å². The molecule has 104 valence electrons. The van der Waals surface area contributed by atoms with E-state index in [0.717, 1.165) is 5.56 Å². The van der Waals surface area contributed by atoms with Gasteiger partial charge in [0, 0.05) is 24.1 Å². The molecule has 0 fully saturated rings. The zero-order valence-electron chi connectivity index (χ0n) is 11.1. The molecule has 0 aliphatic heterocycles. The average Bonchev–Trinajstić information content (AvgIpc) is 2.91. The fourth-order valence-electron chi connectivity index (χ4n) is 1.81. The van der Waals surface area contributed by atoms with Gasteiger partial charge in [0.25, 0.3) is 5.91 Å². The third-order valence-corrected chi connectivity index (χ3v) is 2.95. The Morgan fingerprint density at radius 3 is 2.50 bits per heavy atom. The molecule has 0 bridgehead atoms. The maximum absolute atomic E-state index is 12.0. The number of carbonyl (C=O) groups excluding carboxylic acids is 2. The Labute approximate surface area is 116 Å². The maximum Gasteiger partial charge on any atom is 0.272 e. The zero-order valence-corrected chi connectivity index (χ0v) is 11.1. The summed E-state index contributed by atoms with van der Waals surface area (Å²) in [6, 6.07) is 8.77. The van der Waals surface area contributed by atoms with Gasteiger partial charge in [-0.15, -0.1) is 0 Å². The zero-order chi connectivity index (χ0) is 14.5. The van der Waals surface area contributed by atoms with Crippen LogP contribution in [0.2, 0.25) is 0 Å². The van der Waals surface area contributed by atoms with E-state index in [1.54, 1.807) is 12.1 Å². The van der Waals surface area contributed by atoms with Crippen LogP contribution in [0.25, 0.3) is 0 Å². The third-order valence-electron chi connectivity index (χ3n) is 2.95. The fraction of sp³-hybridized carbons (Fsp3) is 0.200. The topological polar surface area (TPSA) is 82.2 Å². The number of aromatic nitrogens is 1. The Morgan fingerprint density at radius 2 is 1.95 bits per heavy atom. The highest BCUT2D eigenvalue weighted by atomic mass is 16.3. The van der Waals surface area contributed by atoms with Crippen molar-refractivity contribution in [1.82, 2.24) is 4.98 Å². The van der Waals surface area contributed by atoms with Crippen LogP contribution in [0.15, 0.2) is 36.5 Å². The molecule has 1 amide bonds. The number of hydrogen-bond donors (Lipinski definition) is 3. The van der Waals surface area contributed by atoms with Gasteiger partial charge in [-0.3, -0.25) is 9.59 Å². The summed E-state index contributed by atoms with van der Waals surface area (Å²) in [5.74, 6) is -0.388. The Morgan fingerprint density at radius 1 is 1.25 bits per heavy atom. The van der Waals surface area contributed by atoms with Crippen LogP contribution in [0.4, 0.5) is 5.69 Å². The van der Waals surface area contributed by atoms with Gasteiger partial charge in [0.2, 0.25) is 0 Å². The van der Waals surface area contributed by atoms with E-state index in [-0.39, 0.29) is 18.3 Å². The maximum atomic E-state index is 12.0. The van der Waals surface area contributed by atoms with Crippen LogP contribution in [0.3, 0.4) is 0 Å². The minimum absolute atomic E-state index is 0.0892. The smallest absolute Gasteiger partial charge is 0.272 e. The van der Waals surface area contributed by atoms with Gasteiger partial charge in [-0.05, 0) is 37.1 Å². The molecule has 0 aliphatic carbocycles. The van der Waals surface area contributed by atoms with Gasteiger partial charge < -0.3 is 15.4 Å². The minimum Gasteiger partial charge on any atom is -0.396 e. The van der Waals surface area contributed by atoms with Crippen molar-refractivity contribution in [3.63, 3.8) is 0 Å². The molecule has 3 N–H and O–H groups in total. The molecule has 20 heavy (non-hydrogen) atoms. The van der Waals surface area contributed by atoms with Crippen molar-refractivity contribution in [3.8, 4) is 0 Å². The van der Waals surface area contributed by atoms with E-state index in [2.05, 4.69) is 10.3 Å². The van der Waals surface area contributed by atoms with E-state index in [0.29, 0.717) is 23.4 Å². The van der Waals surface area contributed by atoms with E-state index in [1.807, 2.05) is 12.1 Å². The first-order chi connectivity index (χ1) is 9.60. The van der Waals surface area contributed by atoms with Crippen LogP contribution in [0.5, 0.6) is 0 Å². The highest BCUT2D eigenvalue weighted by Gasteiger charge is 2.10. The summed E-state index contributed by atoms with van der Waals surface area (Å²) < 4.78 is 0. The summed E-state index contributed by atoms with van der Waals surface area (Å²) >= 11 is 0. The molecular weight excluding hydrogens is 256 g/mol. The van der Waals surface area contributed by atoms with Crippen LogP contribution < -0.4 is 5.32 Å². The standard InChI is InChI=1S/C15H16N2O3/c1-10(19)12-8-14(16-9-12)15(20)17-13-4-2-11(3-5-13)6-7-18/h2-5,8-9,16,18H,6-7H2,1H3,(H,17,20). The summed E-state index contributed by atoms with van der Waals surface area (Å²) in [4.78, 5) is 25.9. The minimum atomic E-state index is -0.299. The lowest BCUT2D eigenvalue weighted by molar-refractivity contribution is 0.101. The number of aliphatic hydroxyl groups is 1. The van der Waals surface area contributed by atoms with Gasteiger partial charge in [0.05, 0.1) is 0 Å². The number of H-pyrrole nitrogens is 1. The van der Waals surface area contributed by atoms with Crippen molar-refractivity contribution >= 4 is 17.4 Å². The molecule has 5 heteroatoms. The number of amides is 1. The first-order valence-corrected chi connectivity index (χ1v) is 6.30. The number of Topliss-reactive ketones (excluding diaryl/α,β-unsaturated/α-hetero) is 1. The molecule has 0 atom stereocenters. The molecule has 0 spiro atoms. The summed E-state index contributed by atoms with van der Waals surface area (Å²) in [6.07, 6.45) is 2.11. The first-order valence-electron chi connectivity index (χ1n) is 6.30. The van der Waals surface area contributed by atoms with Crippen LogP contribution in [0.1, 0.15) is 33.3 Å². The molecule has 0 radical (unpaired) electrons. The summed E-state index contributed by atoms with van der Waals surface area (Å²) in [5.41, 5.74) is 2.49. The first kappa shape index (κ1) is 14.0. The fourth-order valence-corrected chi connectivity index (χ4v) is 1.81. The molecule has 0 aliphatic rings. The monoisotopic (exact) mass is 272 g/mol. The number of carbonyl (C=O) groups is 2. The third kappa shape index (κ3) is 3.33. The number of rotatable bonds is 5. The van der Waals surface area contributed by atoms with Crippen molar-refractivity contribution in [3.05, 3.63) is 53.3 Å². The number of nitrogens with one attached hydrogen (secondary N) is 2. The van der Waals surface area contributed by atoms with Gasteiger partial charge in [-0.2, -0.15) is 0 Å². The molecule has 2 rings (SSSR count). The Hall–Kier alpha value is -2.40. The Kier molecular flexibility index (Phi) is 4.32. The van der Waals surface area contributed by atoms with Crippen molar-refractivity contribution in [1.29, 1.82) is 0 Å². The molecular formula is C15H16N2O3. The predicted octanol–water partition coefficient (Wildman–Crippen LogP) is 2.00. The summed E-state index contributed by atoms with van der Waals surface area (Å²) in [5, 5.41) is 11.6. The Bertz CT molecular complexity index is 614. The predicted molar refractivity (Wildman–Crippen MR) is 76.0 cm³/mol. The quantitative estimate of drug-likeness (QED) is 0.728.